The summed E-state index contributed by atoms with van der Waals surface area (Å²) < 4.78 is 5.87. The first-order valence-corrected chi connectivity index (χ1v) is 6.80. The Morgan fingerprint density at radius 3 is 2.53 bits per heavy atom. The van der Waals surface area contributed by atoms with Crippen molar-refractivity contribution in [2.75, 3.05) is 13.2 Å². The fraction of sp³-hybridized carbons (Fsp3) is 1.00. The zero-order valence-corrected chi connectivity index (χ0v) is 11.6. The summed E-state index contributed by atoms with van der Waals surface area (Å²) in [4.78, 5) is 0. The number of ether oxygens (including phenoxy) is 1. The molecule has 1 fully saturated rings. The van der Waals surface area contributed by atoms with Crippen LogP contribution in [0.3, 0.4) is 0 Å². The number of aliphatic hydroxyl groups is 2. The van der Waals surface area contributed by atoms with Gasteiger partial charge in [0.1, 0.15) is 5.60 Å². The molecule has 1 saturated carbocycles. The Morgan fingerprint density at radius 1 is 1.35 bits per heavy atom. The van der Waals surface area contributed by atoms with Crippen LogP contribution in [0.15, 0.2) is 0 Å². The van der Waals surface area contributed by atoms with Gasteiger partial charge < -0.3 is 14.9 Å². The first kappa shape index (κ1) is 14.9. The van der Waals surface area contributed by atoms with Gasteiger partial charge in [-0.05, 0) is 37.5 Å². The third kappa shape index (κ3) is 4.57. The summed E-state index contributed by atoms with van der Waals surface area (Å²) in [5, 5.41) is 18.8. The molecule has 1 aliphatic rings. The molecular formula is C14H28O3. The molecule has 0 radical (unpaired) electrons. The number of hydrogen-bond acceptors (Lipinski definition) is 3. The van der Waals surface area contributed by atoms with E-state index < -0.39 is 5.60 Å². The van der Waals surface area contributed by atoms with Gasteiger partial charge in [0.25, 0.3) is 0 Å². The molecule has 3 heteroatoms. The van der Waals surface area contributed by atoms with Crippen molar-refractivity contribution in [3.63, 3.8) is 0 Å². The van der Waals surface area contributed by atoms with Gasteiger partial charge in [-0.15, -0.1) is 0 Å². The maximum absolute atomic E-state index is 9.77. The van der Waals surface area contributed by atoms with Crippen molar-refractivity contribution < 1.29 is 14.9 Å². The van der Waals surface area contributed by atoms with Crippen LogP contribution in [-0.2, 0) is 4.74 Å². The third-order valence-corrected chi connectivity index (χ3v) is 3.91. The summed E-state index contributed by atoms with van der Waals surface area (Å²) >= 11 is 0. The smallest absolute Gasteiger partial charge is 0.108 e. The van der Waals surface area contributed by atoms with E-state index in [4.69, 9.17) is 9.84 Å². The molecule has 0 heterocycles. The molecule has 0 aliphatic heterocycles. The fourth-order valence-corrected chi connectivity index (χ4v) is 2.64. The van der Waals surface area contributed by atoms with E-state index in [0.29, 0.717) is 17.8 Å². The zero-order chi connectivity index (χ0) is 13.1. The molecule has 1 aliphatic carbocycles. The van der Waals surface area contributed by atoms with Crippen LogP contribution >= 0.6 is 0 Å². The van der Waals surface area contributed by atoms with Crippen LogP contribution < -0.4 is 0 Å². The average molecular weight is 244 g/mol. The molecule has 4 atom stereocenters. The Bertz CT molecular complexity index is 226. The summed E-state index contributed by atoms with van der Waals surface area (Å²) in [6, 6.07) is 0. The lowest BCUT2D eigenvalue weighted by molar-refractivity contribution is -0.116. The van der Waals surface area contributed by atoms with Crippen molar-refractivity contribution in [3.8, 4) is 0 Å². The van der Waals surface area contributed by atoms with Gasteiger partial charge >= 0.3 is 0 Å². The number of aliphatic hydroxyl groups excluding tert-OH is 1. The number of rotatable bonds is 5. The van der Waals surface area contributed by atoms with Crippen LogP contribution in [0.25, 0.3) is 0 Å². The molecule has 0 amide bonds. The van der Waals surface area contributed by atoms with Crippen molar-refractivity contribution >= 4 is 0 Å². The quantitative estimate of drug-likeness (QED) is 0.779. The van der Waals surface area contributed by atoms with E-state index in [9.17, 15) is 5.11 Å². The first-order valence-electron chi connectivity index (χ1n) is 6.80. The van der Waals surface area contributed by atoms with E-state index in [-0.39, 0.29) is 19.3 Å². The predicted molar refractivity (Wildman–Crippen MR) is 68.8 cm³/mol. The SMILES string of the molecule is CC(C)[C@@H]1CC[C@H](C)C[C@@H]1OC[C@@](C)(O)CO. The van der Waals surface area contributed by atoms with Gasteiger partial charge in [-0.2, -0.15) is 0 Å². The van der Waals surface area contributed by atoms with Crippen LogP contribution in [0, 0.1) is 17.8 Å². The lowest BCUT2D eigenvalue weighted by Gasteiger charge is -2.38. The highest BCUT2D eigenvalue weighted by atomic mass is 16.5. The van der Waals surface area contributed by atoms with Gasteiger partial charge in [-0.25, -0.2) is 0 Å². The second-order valence-corrected chi connectivity index (χ2v) is 6.33. The van der Waals surface area contributed by atoms with Gasteiger partial charge in [0, 0.05) is 0 Å². The Balaban J connectivity index is 2.52. The Labute approximate surface area is 105 Å². The minimum Gasteiger partial charge on any atom is -0.393 e. The van der Waals surface area contributed by atoms with Crippen molar-refractivity contribution in [1.82, 2.24) is 0 Å². The van der Waals surface area contributed by atoms with E-state index in [1.54, 1.807) is 6.92 Å². The topological polar surface area (TPSA) is 49.7 Å². The highest BCUT2D eigenvalue weighted by Crippen LogP contribution is 2.35. The van der Waals surface area contributed by atoms with Gasteiger partial charge in [-0.1, -0.05) is 27.2 Å². The summed E-state index contributed by atoms with van der Waals surface area (Å²) in [5.74, 6) is 1.90. The molecule has 17 heavy (non-hydrogen) atoms. The minimum absolute atomic E-state index is 0.226. The Morgan fingerprint density at radius 2 is 2.00 bits per heavy atom. The van der Waals surface area contributed by atoms with E-state index in [0.717, 1.165) is 6.42 Å². The highest BCUT2D eigenvalue weighted by molar-refractivity contribution is 4.82. The molecule has 3 nitrogen and oxygen atoms in total. The van der Waals surface area contributed by atoms with E-state index in [1.807, 2.05) is 0 Å². The third-order valence-electron chi connectivity index (χ3n) is 3.91. The standard InChI is InChI=1S/C14H28O3/c1-10(2)12-6-5-11(3)7-13(12)17-9-14(4,16)8-15/h10-13,15-16H,5-9H2,1-4H3/t11-,12-,13-,14-/m0/s1. The van der Waals surface area contributed by atoms with Gasteiger partial charge in [0.2, 0.25) is 0 Å². The molecule has 2 N–H and O–H groups in total. The zero-order valence-electron chi connectivity index (χ0n) is 11.6. The monoisotopic (exact) mass is 244 g/mol. The van der Waals surface area contributed by atoms with Crippen LogP contribution in [0.5, 0.6) is 0 Å². The van der Waals surface area contributed by atoms with Gasteiger partial charge in [0.05, 0.1) is 19.3 Å². The normalized spacial score (nSPS) is 33.7. The molecule has 1 rings (SSSR count). The molecule has 0 aromatic rings. The lowest BCUT2D eigenvalue weighted by atomic mass is 9.75. The molecule has 102 valence electrons. The summed E-state index contributed by atoms with van der Waals surface area (Å²) in [6.07, 6.45) is 3.80. The number of hydrogen-bond donors (Lipinski definition) is 2. The summed E-state index contributed by atoms with van der Waals surface area (Å²) in [5.41, 5.74) is -1.11. The fourth-order valence-electron chi connectivity index (χ4n) is 2.64. The van der Waals surface area contributed by atoms with E-state index in [2.05, 4.69) is 20.8 Å². The Kier molecular flexibility index (Phi) is 5.42. The molecular weight excluding hydrogens is 216 g/mol. The maximum atomic E-state index is 9.77. The van der Waals surface area contributed by atoms with Crippen molar-refractivity contribution in [3.05, 3.63) is 0 Å². The van der Waals surface area contributed by atoms with E-state index >= 15 is 0 Å². The van der Waals surface area contributed by atoms with Crippen LogP contribution in [0.4, 0.5) is 0 Å². The lowest BCUT2D eigenvalue weighted by Crippen LogP contribution is -2.41. The first-order chi connectivity index (χ1) is 7.85. The molecule has 0 unspecified atom stereocenters. The molecule has 0 aromatic carbocycles. The Hall–Kier alpha value is -0.120. The van der Waals surface area contributed by atoms with Gasteiger partial charge in [-0.3, -0.25) is 0 Å². The minimum atomic E-state index is -1.11. The van der Waals surface area contributed by atoms with Crippen LogP contribution in [-0.4, -0.2) is 35.1 Å². The van der Waals surface area contributed by atoms with Gasteiger partial charge in [0.15, 0.2) is 0 Å². The van der Waals surface area contributed by atoms with E-state index in [1.165, 1.54) is 12.8 Å². The second kappa shape index (κ2) is 6.17. The predicted octanol–water partition coefficient (Wildman–Crippen LogP) is 2.21. The second-order valence-electron chi connectivity index (χ2n) is 6.33. The summed E-state index contributed by atoms with van der Waals surface area (Å²) in [6.45, 7) is 8.33. The maximum Gasteiger partial charge on any atom is 0.108 e. The largest absolute Gasteiger partial charge is 0.393 e. The van der Waals surface area contributed by atoms with Crippen LogP contribution in [0.1, 0.15) is 47.0 Å². The summed E-state index contributed by atoms with van der Waals surface area (Å²) in [7, 11) is 0. The van der Waals surface area contributed by atoms with Crippen molar-refractivity contribution in [1.29, 1.82) is 0 Å². The van der Waals surface area contributed by atoms with Crippen molar-refractivity contribution in [2.45, 2.75) is 58.7 Å². The van der Waals surface area contributed by atoms with Crippen molar-refractivity contribution in [2.24, 2.45) is 17.8 Å². The average Bonchev–Trinajstić information content (AvgIpc) is 2.26. The molecule has 0 bridgehead atoms. The molecule has 0 saturated heterocycles. The highest BCUT2D eigenvalue weighted by Gasteiger charge is 2.33. The molecule has 0 aromatic heterocycles. The molecule has 0 spiro atoms. The van der Waals surface area contributed by atoms with Crippen LogP contribution in [0.2, 0.25) is 0 Å².